The Bertz CT molecular complexity index is 169. The number of aliphatic hydroxyl groups excluding tert-OH is 1. The van der Waals surface area contributed by atoms with Crippen LogP contribution >= 0.6 is 0 Å². The van der Waals surface area contributed by atoms with E-state index < -0.39 is 18.9 Å². The van der Waals surface area contributed by atoms with E-state index in [4.69, 9.17) is 0 Å². The highest BCUT2D eigenvalue weighted by Crippen LogP contribution is 2.15. The Kier molecular flexibility index (Phi) is 7.76. The summed E-state index contributed by atoms with van der Waals surface area (Å²) in [6, 6.07) is 0. The normalized spacial score (nSPS) is 14.4. The van der Waals surface area contributed by atoms with Crippen molar-refractivity contribution >= 4 is 0 Å². The number of ether oxygens (including phenoxy) is 1. The first kappa shape index (κ1) is 15.7. The van der Waals surface area contributed by atoms with Gasteiger partial charge < -0.3 is 9.84 Å². The second-order valence-electron chi connectivity index (χ2n) is 4.44. The Morgan fingerprint density at radius 3 is 2.25 bits per heavy atom. The molecular formula is C11H21F3O2. The Labute approximate surface area is 94.8 Å². The average molecular weight is 242 g/mol. The molecule has 0 saturated heterocycles. The van der Waals surface area contributed by atoms with Gasteiger partial charge >= 0.3 is 6.18 Å². The zero-order valence-electron chi connectivity index (χ0n) is 9.89. The Hall–Kier alpha value is -0.290. The molecular weight excluding hydrogens is 221 g/mol. The third-order valence-electron chi connectivity index (χ3n) is 2.17. The quantitative estimate of drug-likeness (QED) is 0.662. The molecule has 0 amide bonds. The summed E-state index contributed by atoms with van der Waals surface area (Å²) in [4.78, 5) is 0. The van der Waals surface area contributed by atoms with Crippen LogP contribution in [0.3, 0.4) is 0 Å². The summed E-state index contributed by atoms with van der Waals surface area (Å²) in [5.41, 5.74) is 0. The lowest BCUT2D eigenvalue weighted by Crippen LogP contribution is -2.18. The molecule has 0 heterocycles. The summed E-state index contributed by atoms with van der Waals surface area (Å²) in [6.45, 7) is 2.99. The highest BCUT2D eigenvalue weighted by atomic mass is 19.4. The van der Waals surface area contributed by atoms with Gasteiger partial charge in [0.1, 0.15) is 6.61 Å². The number of hydrogen-bond donors (Lipinski definition) is 1. The van der Waals surface area contributed by atoms with E-state index in [1.807, 2.05) is 0 Å². The molecule has 16 heavy (non-hydrogen) atoms. The molecule has 0 aliphatic carbocycles. The van der Waals surface area contributed by atoms with Crippen LogP contribution < -0.4 is 0 Å². The molecule has 0 saturated carbocycles. The van der Waals surface area contributed by atoms with E-state index in [-0.39, 0.29) is 6.61 Å². The maximum atomic E-state index is 11.7. The molecule has 98 valence electrons. The Balaban J connectivity index is 3.31. The summed E-state index contributed by atoms with van der Waals surface area (Å²) in [5.74, 6) is 0.538. The van der Waals surface area contributed by atoms with Crippen LogP contribution in [0.15, 0.2) is 0 Å². The molecule has 0 aromatic rings. The maximum absolute atomic E-state index is 11.7. The van der Waals surface area contributed by atoms with Crippen LogP contribution in [0.2, 0.25) is 0 Å². The van der Waals surface area contributed by atoms with Crippen molar-refractivity contribution in [1.29, 1.82) is 0 Å². The molecule has 5 heteroatoms. The van der Waals surface area contributed by atoms with E-state index in [0.717, 1.165) is 6.42 Å². The number of hydrogen-bond acceptors (Lipinski definition) is 2. The molecule has 0 spiro atoms. The first-order valence-electron chi connectivity index (χ1n) is 5.64. The van der Waals surface area contributed by atoms with E-state index in [9.17, 15) is 18.3 Å². The van der Waals surface area contributed by atoms with Gasteiger partial charge in [-0.15, -0.1) is 0 Å². The summed E-state index contributed by atoms with van der Waals surface area (Å²) < 4.78 is 39.5. The Morgan fingerprint density at radius 1 is 1.12 bits per heavy atom. The molecule has 1 unspecified atom stereocenters. The molecule has 0 aromatic carbocycles. The third-order valence-corrected chi connectivity index (χ3v) is 2.17. The lowest BCUT2D eigenvalue weighted by atomic mass is 10.0. The smallest absolute Gasteiger partial charge is 0.393 e. The Morgan fingerprint density at radius 2 is 1.75 bits per heavy atom. The van der Waals surface area contributed by atoms with Crippen LogP contribution in [0.1, 0.15) is 39.5 Å². The zero-order chi connectivity index (χ0) is 12.6. The minimum Gasteiger partial charge on any atom is -0.393 e. The average Bonchev–Trinajstić information content (AvgIpc) is 2.12. The van der Waals surface area contributed by atoms with E-state index >= 15 is 0 Å². The van der Waals surface area contributed by atoms with Crippen LogP contribution in [0.4, 0.5) is 13.2 Å². The summed E-state index contributed by atoms with van der Waals surface area (Å²) in [6.07, 6.45) is -2.06. The highest BCUT2D eigenvalue weighted by Gasteiger charge is 2.27. The van der Waals surface area contributed by atoms with Crippen molar-refractivity contribution in [2.24, 2.45) is 5.92 Å². The number of halogens is 3. The van der Waals surface area contributed by atoms with E-state index in [2.05, 4.69) is 18.6 Å². The molecule has 0 aliphatic heterocycles. The molecule has 0 aliphatic rings. The number of aliphatic hydroxyl groups is 1. The largest absolute Gasteiger partial charge is 0.411 e. The second-order valence-corrected chi connectivity index (χ2v) is 4.44. The fourth-order valence-corrected chi connectivity index (χ4v) is 1.28. The molecule has 0 aromatic heterocycles. The van der Waals surface area contributed by atoms with Crippen molar-refractivity contribution in [2.45, 2.75) is 51.8 Å². The van der Waals surface area contributed by atoms with Gasteiger partial charge in [-0.05, 0) is 31.6 Å². The number of alkyl halides is 3. The fourth-order valence-electron chi connectivity index (χ4n) is 1.28. The van der Waals surface area contributed by atoms with Gasteiger partial charge in [-0.3, -0.25) is 0 Å². The molecule has 0 radical (unpaired) electrons. The molecule has 1 atom stereocenters. The van der Waals surface area contributed by atoms with Crippen LogP contribution in [-0.4, -0.2) is 30.6 Å². The topological polar surface area (TPSA) is 29.5 Å². The van der Waals surface area contributed by atoms with Gasteiger partial charge in [-0.25, -0.2) is 0 Å². The van der Waals surface area contributed by atoms with E-state index in [1.54, 1.807) is 0 Å². The third kappa shape index (κ3) is 11.8. The molecule has 1 N–H and O–H groups in total. The minimum absolute atomic E-state index is 0.0538. The zero-order valence-corrected chi connectivity index (χ0v) is 9.89. The highest BCUT2D eigenvalue weighted by molar-refractivity contribution is 4.58. The van der Waals surface area contributed by atoms with Crippen molar-refractivity contribution in [2.75, 3.05) is 13.2 Å². The lowest BCUT2D eigenvalue weighted by Gasteiger charge is -2.12. The first-order chi connectivity index (χ1) is 7.31. The summed E-state index contributed by atoms with van der Waals surface area (Å²) in [5, 5.41) is 9.48. The molecule has 2 nitrogen and oxygen atoms in total. The van der Waals surface area contributed by atoms with Crippen molar-refractivity contribution in [3.8, 4) is 0 Å². The van der Waals surface area contributed by atoms with Crippen LogP contribution in [0, 0.1) is 5.92 Å². The summed E-state index contributed by atoms with van der Waals surface area (Å²) >= 11 is 0. The monoisotopic (exact) mass is 242 g/mol. The molecule has 0 bridgehead atoms. The van der Waals surface area contributed by atoms with E-state index in [0.29, 0.717) is 25.2 Å². The van der Waals surface area contributed by atoms with Crippen molar-refractivity contribution in [1.82, 2.24) is 0 Å². The van der Waals surface area contributed by atoms with Gasteiger partial charge in [0.2, 0.25) is 0 Å². The maximum Gasteiger partial charge on any atom is 0.411 e. The predicted molar refractivity (Wildman–Crippen MR) is 56.2 cm³/mol. The number of rotatable bonds is 8. The van der Waals surface area contributed by atoms with Crippen LogP contribution in [0.25, 0.3) is 0 Å². The van der Waals surface area contributed by atoms with Crippen LogP contribution in [-0.2, 0) is 4.74 Å². The van der Waals surface area contributed by atoms with E-state index in [1.165, 1.54) is 0 Å². The van der Waals surface area contributed by atoms with Crippen molar-refractivity contribution < 1.29 is 23.0 Å². The lowest BCUT2D eigenvalue weighted by molar-refractivity contribution is -0.174. The van der Waals surface area contributed by atoms with Crippen molar-refractivity contribution in [3.63, 3.8) is 0 Å². The molecule has 0 rings (SSSR count). The predicted octanol–water partition coefficient (Wildman–Crippen LogP) is 3.14. The van der Waals surface area contributed by atoms with Crippen LogP contribution in [0.5, 0.6) is 0 Å². The van der Waals surface area contributed by atoms with Gasteiger partial charge in [-0.2, -0.15) is 13.2 Å². The van der Waals surface area contributed by atoms with Gasteiger partial charge in [0.05, 0.1) is 6.10 Å². The van der Waals surface area contributed by atoms with Gasteiger partial charge in [0.15, 0.2) is 0 Å². The van der Waals surface area contributed by atoms with Crippen molar-refractivity contribution in [3.05, 3.63) is 0 Å². The van der Waals surface area contributed by atoms with Gasteiger partial charge in [-0.1, -0.05) is 13.8 Å². The fraction of sp³-hybridized carbons (Fsp3) is 1.00. The van der Waals surface area contributed by atoms with Gasteiger partial charge in [0.25, 0.3) is 0 Å². The SMILES string of the molecule is CC(C)CCC(O)CCCOCC(F)(F)F. The minimum atomic E-state index is -4.25. The standard InChI is InChI=1S/C11H21F3O2/c1-9(2)5-6-10(15)4-3-7-16-8-11(12,13)14/h9-10,15H,3-8H2,1-2H3. The van der Waals surface area contributed by atoms with Gasteiger partial charge in [0, 0.05) is 6.61 Å². The summed E-state index contributed by atoms with van der Waals surface area (Å²) in [7, 11) is 0. The first-order valence-corrected chi connectivity index (χ1v) is 5.64. The molecule has 0 fully saturated rings. The second kappa shape index (κ2) is 7.90.